The first-order valence-electron chi connectivity index (χ1n) is 18.3. The van der Waals surface area contributed by atoms with Gasteiger partial charge >= 0.3 is 5.97 Å². The Balaban J connectivity index is 0.0000314. The van der Waals surface area contributed by atoms with Crippen LogP contribution in [0.1, 0.15) is 103 Å². The van der Waals surface area contributed by atoms with E-state index in [1.165, 1.54) is 6.92 Å². The van der Waals surface area contributed by atoms with Crippen LogP contribution >= 0.6 is 0 Å². The summed E-state index contributed by atoms with van der Waals surface area (Å²) in [6, 6.07) is -0.0425. The van der Waals surface area contributed by atoms with E-state index in [0.29, 0.717) is 86.1 Å². The van der Waals surface area contributed by atoms with E-state index in [9.17, 15) is 66.7 Å². The molecule has 0 saturated heterocycles. The van der Waals surface area contributed by atoms with Crippen molar-refractivity contribution in [3.05, 3.63) is 29.3 Å². The number of rotatable bonds is 28. The van der Waals surface area contributed by atoms with E-state index in [0.717, 1.165) is 0 Å². The normalized spacial score (nSPS) is 10.5. The third-order valence-corrected chi connectivity index (χ3v) is 8.02. The second-order valence-electron chi connectivity index (χ2n) is 12.7. The number of halogens is 4. The van der Waals surface area contributed by atoms with Crippen LogP contribution in [0.15, 0.2) is 6.07 Å². The number of unbranched alkanes of at least 4 members (excludes halogenated alkanes) is 6. The minimum atomic E-state index is -1.88. The number of nitrogens with one attached hydrogen (secondary N) is 3. The minimum Gasteiger partial charge on any atom is -0.420 e. The van der Waals surface area contributed by atoms with Crippen LogP contribution in [-0.2, 0) is 50.6 Å². The van der Waals surface area contributed by atoms with Gasteiger partial charge in [0.05, 0.1) is 6.42 Å². The van der Waals surface area contributed by atoms with E-state index < -0.39 is 77.4 Å². The maximum absolute atomic E-state index is 13.6. The van der Waals surface area contributed by atoms with Gasteiger partial charge in [0.15, 0.2) is 11.6 Å². The van der Waals surface area contributed by atoms with Gasteiger partial charge in [0.25, 0.3) is 0 Å². The van der Waals surface area contributed by atoms with Crippen molar-refractivity contribution in [3.63, 3.8) is 0 Å². The Hall–Kier alpha value is -4.37. The number of carbonyl (C=O) groups excluding carboxylic acids is 7. The average molecular weight is 865 g/mol. The summed E-state index contributed by atoms with van der Waals surface area (Å²) in [6.45, 7) is 2.32. The summed E-state index contributed by atoms with van der Waals surface area (Å²) in [4.78, 5) is 82.8. The molecule has 0 radical (unpaired) electrons. The van der Waals surface area contributed by atoms with Crippen LogP contribution in [0.25, 0.3) is 0 Å². The number of benzene rings is 1. The predicted octanol–water partition coefficient (Wildman–Crippen LogP) is 3.02. The first kappa shape index (κ1) is 52.6. The van der Waals surface area contributed by atoms with Gasteiger partial charge in [-0.3, -0.25) is 49.2 Å². The molecule has 1 aromatic carbocycles. The quantitative estimate of drug-likeness (QED) is 0.0105. The molecule has 57 heavy (non-hydrogen) atoms. The molecular weight excluding hydrogens is 812 g/mol. The Kier molecular flexibility index (Phi) is 27.5. The fourth-order valence-corrected chi connectivity index (χ4v) is 4.77. The molecule has 0 spiro atoms. The van der Waals surface area contributed by atoms with E-state index in [-0.39, 0.29) is 80.9 Å². The summed E-state index contributed by atoms with van der Waals surface area (Å²) < 4.78 is 58.0. The van der Waals surface area contributed by atoms with Gasteiger partial charge in [0, 0.05) is 101 Å². The van der Waals surface area contributed by atoms with Crippen molar-refractivity contribution in [1.82, 2.24) is 31.1 Å². The first-order valence-corrected chi connectivity index (χ1v) is 18.3. The van der Waals surface area contributed by atoms with Gasteiger partial charge < -0.3 is 20.7 Å². The number of hydrogen-bond donors (Lipinski definition) is 6. The summed E-state index contributed by atoms with van der Waals surface area (Å²) >= 11 is 0. The largest absolute Gasteiger partial charge is 0.420 e. The molecule has 0 unspecified atom stereocenters. The van der Waals surface area contributed by atoms with Crippen LogP contribution in [-0.4, -0.2) is 111 Å². The van der Waals surface area contributed by atoms with Crippen molar-refractivity contribution < 1.29 is 88.6 Å². The van der Waals surface area contributed by atoms with Crippen LogP contribution in [0.3, 0.4) is 0 Å². The predicted molar refractivity (Wildman–Crippen MR) is 186 cm³/mol. The average Bonchev–Trinajstić information content (AvgIpc) is 3.16. The molecule has 0 heterocycles. The van der Waals surface area contributed by atoms with Gasteiger partial charge in [0.2, 0.25) is 52.8 Å². The summed E-state index contributed by atoms with van der Waals surface area (Å²) in [5, 5.41) is 38.6. The zero-order valence-electron chi connectivity index (χ0n) is 31.7. The molecule has 324 valence electrons. The molecule has 6 N–H and O–H groups in total. The second-order valence-corrected chi connectivity index (χ2v) is 12.7. The fraction of sp³-hybridized carbons (Fsp3) is 0.629. The molecule has 17 nitrogen and oxygen atoms in total. The monoisotopic (exact) mass is 864 g/mol. The SMILES string of the molecule is CC(=O)N(O)CCCCCNC(=O)CCC(=O)N(O)CCCCCNC(=O)CCC(=O)N(O)CCCCCNC(=O)CCC(=O)Oc1c(F)c(F)cc(F)c1F.[Fe]. The molecule has 0 fully saturated rings. The first-order chi connectivity index (χ1) is 26.5. The molecule has 1 rings (SSSR count). The van der Waals surface area contributed by atoms with E-state index in [1.54, 1.807) is 0 Å². The summed E-state index contributed by atoms with van der Waals surface area (Å²) in [6.07, 6.45) is 3.01. The van der Waals surface area contributed by atoms with Crippen molar-refractivity contribution in [2.75, 3.05) is 39.3 Å². The van der Waals surface area contributed by atoms with Crippen molar-refractivity contribution in [2.24, 2.45) is 0 Å². The molecule has 0 aromatic heterocycles. The topological polar surface area (TPSA) is 235 Å². The summed E-state index contributed by atoms with van der Waals surface area (Å²) in [5.74, 6) is -13.1. The van der Waals surface area contributed by atoms with Crippen molar-refractivity contribution >= 4 is 41.4 Å². The molecule has 0 aliphatic rings. The van der Waals surface area contributed by atoms with Crippen molar-refractivity contribution in [1.29, 1.82) is 0 Å². The molecule has 0 atom stereocenters. The van der Waals surface area contributed by atoms with Crippen LogP contribution < -0.4 is 20.7 Å². The molecular formula is C35H52F4FeN6O11. The van der Waals surface area contributed by atoms with Gasteiger partial charge in [-0.2, -0.15) is 8.78 Å². The van der Waals surface area contributed by atoms with Gasteiger partial charge in [-0.1, -0.05) is 0 Å². The van der Waals surface area contributed by atoms with Gasteiger partial charge in [-0.05, 0) is 57.8 Å². The van der Waals surface area contributed by atoms with Crippen molar-refractivity contribution in [2.45, 2.75) is 103 Å². The van der Waals surface area contributed by atoms with Crippen LogP contribution in [0, 0.1) is 23.3 Å². The third-order valence-electron chi connectivity index (χ3n) is 8.02. The molecule has 6 amide bonds. The standard InChI is InChI=1S/C35H52F4N6O11.Fe/c1-24(46)43(53)20-8-2-5-17-40-27(47)11-14-30(50)44(54)21-9-3-6-18-41-28(48)12-15-31(51)45(55)22-10-4-7-19-42-29(49)13-16-32(52)56-35-33(38)25(36)23-26(37)34(35)39;/h23,53-55H,2-22H2,1H3,(H,40,47)(H,41,48)(H,42,49);. The van der Waals surface area contributed by atoms with Crippen LogP contribution in [0.2, 0.25) is 0 Å². The molecule has 0 aliphatic heterocycles. The number of hydroxylamine groups is 6. The third kappa shape index (κ3) is 23.5. The van der Waals surface area contributed by atoms with E-state index in [2.05, 4.69) is 20.7 Å². The summed E-state index contributed by atoms with van der Waals surface area (Å²) in [5.41, 5.74) is 0. The Morgan fingerprint density at radius 3 is 1.26 bits per heavy atom. The Morgan fingerprint density at radius 1 is 0.544 bits per heavy atom. The molecule has 0 aliphatic carbocycles. The van der Waals surface area contributed by atoms with E-state index in [4.69, 9.17) is 0 Å². The number of ether oxygens (including phenoxy) is 1. The van der Waals surface area contributed by atoms with E-state index in [1.807, 2.05) is 0 Å². The number of nitrogens with zero attached hydrogens (tertiary/aromatic N) is 3. The molecule has 0 saturated carbocycles. The maximum Gasteiger partial charge on any atom is 0.311 e. The van der Waals surface area contributed by atoms with Gasteiger partial charge in [-0.25, -0.2) is 24.0 Å². The molecule has 0 bridgehead atoms. The number of carbonyl (C=O) groups is 7. The zero-order chi connectivity index (χ0) is 42.0. The van der Waals surface area contributed by atoms with Crippen LogP contribution in [0.5, 0.6) is 5.75 Å². The summed E-state index contributed by atoms with van der Waals surface area (Å²) in [7, 11) is 0. The zero-order valence-corrected chi connectivity index (χ0v) is 32.8. The number of hydrogen-bond acceptors (Lipinski definition) is 11. The Labute approximate surface area is 338 Å². The molecule has 22 heteroatoms. The van der Waals surface area contributed by atoms with E-state index >= 15 is 0 Å². The molecule has 1 aromatic rings. The van der Waals surface area contributed by atoms with Gasteiger partial charge in [0.1, 0.15) is 0 Å². The fourth-order valence-electron chi connectivity index (χ4n) is 4.77. The number of amides is 6. The van der Waals surface area contributed by atoms with Crippen molar-refractivity contribution in [3.8, 4) is 5.75 Å². The smallest absolute Gasteiger partial charge is 0.311 e. The van der Waals surface area contributed by atoms with Gasteiger partial charge in [-0.15, -0.1) is 0 Å². The minimum absolute atomic E-state index is 0. The Morgan fingerprint density at radius 2 is 0.895 bits per heavy atom. The van der Waals surface area contributed by atoms with Crippen LogP contribution in [0.4, 0.5) is 17.6 Å². The maximum atomic E-state index is 13.6. The second kappa shape index (κ2) is 29.8. The Bertz CT molecular complexity index is 1450. The number of esters is 1.